The highest BCUT2D eigenvalue weighted by Crippen LogP contribution is 2.13. The van der Waals surface area contributed by atoms with Gasteiger partial charge in [-0.05, 0) is 43.2 Å². The molecule has 0 aliphatic heterocycles. The Hall–Kier alpha value is -2.36. The molecular formula is C22H30FIN4O2. The van der Waals surface area contributed by atoms with Crippen LogP contribution in [0.25, 0.3) is 0 Å². The third-order valence-electron chi connectivity index (χ3n) is 4.10. The number of rotatable bonds is 9. The Balaban J connectivity index is 0.00000450. The summed E-state index contributed by atoms with van der Waals surface area (Å²) >= 11 is 0. The van der Waals surface area contributed by atoms with Crippen LogP contribution in [-0.4, -0.2) is 38.1 Å². The van der Waals surface area contributed by atoms with E-state index in [0.717, 1.165) is 12.0 Å². The molecule has 2 aromatic carbocycles. The van der Waals surface area contributed by atoms with E-state index in [1.54, 1.807) is 25.2 Å². The van der Waals surface area contributed by atoms with Crippen molar-refractivity contribution < 1.29 is 13.9 Å². The van der Waals surface area contributed by atoms with Crippen molar-refractivity contribution in [3.05, 3.63) is 65.5 Å². The number of nitrogens with zero attached hydrogens (tertiary/aromatic N) is 1. The van der Waals surface area contributed by atoms with Crippen LogP contribution < -0.4 is 20.7 Å². The Labute approximate surface area is 194 Å². The molecule has 1 amide bonds. The highest BCUT2D eigenvalue weighted by Gasteiger charge is 2.08. The highest BCUT2D eigenvalue weighted by atomic mass is 127. The van der Waals surface area contributed by atoms with Crippen LogP contribution in [0, 0.1) is 5.82 Å². The third-order valence-corrected chi connectivity index (χ3v) is 4.10. The van der Waals surface area contributed by atoms with E-state index >= 15 is 0 Å². The van der Waals surface area contributed by atoms with Crippen LogP contribution in [0.5, 0.6) is 5.75 Å². The van der Waals surface area contributed by atoms with Gasteiger partial charge in [0.05, 0.1) is 6.54 Å². The van der Waals surface area contributed by atoms with E-state index in [0.29, 0.717) is 36.9 Å². The largest absolute Gasteiger partial charge is 0.489 e. The maximum Gasteiger partial charge on any atom is 0.251 e. The van der Waals surface area contributed by atoms with Crippen molar-refractivity contribution in [2.24, 2.45) is 4.99 Å². The molecule has 0 spiro atoms. The fourth-order valence-electron chi connectivity index (χ4n) is 2.62. The number of benzene rings is 2. The van der Waals surface area contributed by atoms with Crippen LogP contribution in [0.15, 0.2) is 53.5 Å². The number of hydrogen-bond donors (Lipinski definition) is 3. The zero-order valence-electron chi connectivity index (χ0n) is 17.6. The molecule has 8 heteroatoms. The molecule has 0 aliphatic rings. The molecule has 6 nitrogen and oxygen atoms in total. The molecule has 0 aromatic heterocycles. The third kappa shape index (κ3) is 8.98. The molecule has 0 radical (unpaired) electrons. The van der Waals surface area contributed by atoms with Crippen molar-refractivity contribution in [1.82, 2.24) is 16.0 Å². The highest BCUT2D eigenvalue weighted by molar-refractivity contribution is 14.0. The Morgan fingerprint density at radius 3 is 2.60 bits per heavy atom. The summed E-state index contributed by atoms with van der Waals surface area (Å²) in [5, 5.41) is 9.27. The molecule has 1 atom stereocenters. The second kappa shape index (κ2) is 13.8. The minimum Gasteiger partial charge on any atom is -0.489 e. The van der Waals surface area contributed by atoms with Crippen molar-refractivity contribution in [3.63, 3.8) is 0 Å². The molecular weight excluding hydrogens is 498 g/mol. The van der Waals surface area contributed by atoms with Gasteiger partial charge in [0.1, 0.15) is 17.7 Å². The van der Waals surface area contributed by atoms with Crippen LogP contribution in [0.2, 0.25) is 0 Å². The van der Waals surface area contributed by atoms with E-state index < -0.39 is 0 Å². The number of hydrogen-bond acceptors (Lipinski definition) is 3. The van der Waals surface area contributed by atoms with Crippen molar-refractivity contribution in [3.8, 4) is 5.75 Å². The van der Waals surface area contributed by atoms with Crippen LogP contribution in [0.1, 0.15) is 36.2 Å². The topological polar surface area (TPSA) is 74.8 Å². The van der Waals surface area contributed by atoms with Gasteiger partial charge in [-0.15, -0.1) is 24.0 Å². The minimum atomic E-state index is -0.328. The lowest BCUT2D eigenvalue weighted by atomic mass is 10.1. The predicted octanol–water partition coefficient (Wildman–Crippen LogP) is 3.72. The van der Waals surface area contributed by atoms with Gasteiger partial charge in [-0.3, -0.25) is 9.79 Å². The number of aliphatic imine (C=N–C) groups is 1. The van der Waals surface area contributed by atoms with Gasteiger partial charge in [-0.2, -0.15) is 0 Å². The standard InChI is InChI=1S/C22H29FN4O2.HI/c1-4-11-25-21(28)18-8-5-7-17(12-18)15-27-22(24-3)26-14-16(2)29-20-10-6-9-19(23)13-20;/h5-10,12-13,16H,4,11,14-15H2,1-3H3,(H,25,28)(H2,24,26,27);1H. The molecule has 30 heavy (non-hydrogen) atoms. The summed E-state index contributed by atoms with van der Waals surface area (Å²) in [6.45, 7) is 5.59. The first kappa shape index (κ1) is 25.7. The summed E-state index contributed by atoms with van der Waals surface area (Å²) in [6.07, 6.45) is 0.719. The van der Waals surface area contributed by atoms with Crippen LogP contribution in [0.4, 0.5) is 4.39 Å². The Bertz CT molecular complexity index is 832. The van der Waals surface area contributed by atoms with E-state index in [2.05, 4.69) is 20.9 Å². The molecule has 0 fully saturated rings. The first-order valence-corrected chi connectivity index (χ1v) is 9.75. The fraction of sp³-hybridized carbons (Fsp3) is 0.364. The van der Waals surface area contributed by atoms with E-state index in [4.69, 9.17) is 4.74 Å². The molecule has 164 valence electrons. The fourth-order valence-corrected chi connectivity index (χ4v) is 2.62. The first-order chi connectivity index (χ1) is 14.0. The molecule has 2 rings (SSSR count). The van der Waals surface area contributed by atoms with Gasteiger partial charge in [0.25, 0.3) is 5.91 Å². The number of guanidine groups is 1. The number of carbonyl (C=O) groups excluding carboxylic acids is 1. The van der Waals surface area contributed by atoms with Gasteiger partial charge in [-0.1, -0.05) is 25.1 Å². The van der Waals surface area contributed by atoms with Gasteiger partial charge in [0, 0.05) is 31.8 Å². The van der Waals surface area contributed by atoms with E-state index in [9.17, 15) is 9.18 Å². The molecule has 0 bridgehead atoms. The van der Waals surface area contributed by atoms with Crippen LogP contribution in [0.3, 0.4) is 0 Å². The number of nitrogens with one attached hydrogen (secondary N) is 3. The summed E-state index contributed by atoms with van der Waals surface area (Å²) in [6, 6.07) is 13.5. The van der Waals surface area contributed by atoms with Crippen molar-refractivity contribution in [2.75, 3.05) is 20.1 Å². The number of carbonyl (C=O) groups is 1. The lowest BCUT2D eigenvalue weighted by Crippen LogP contribution is -2.41. The molecule has 0 saturated carbocycles. The van der Waals surface area contributed by atoms with Crippen molar-refractivity contribution >= 4 is 35.8 Å². The normalized spacial score (nSPS) is 11.8. The Kier molecular flexibility index (Phi) is 11.8. The lowest BCUT2D eigenvalue weighted by Gasteiger charge is -2.18. The quantitative estimate of drug-likeness (QED) is 0.264. The van der Waals surface area contributed by atoms with E-state index in [1.807, 2.05) is 32.0 Å². The van der Waals surface area contributed by atoms with Gasteiger partial charge >= 0.3 is 0 Å². The second-order valence-electron chi connectivity index (χ2n) is 6.65. The summed E-state index contributed by atoms with van der Waals surface area (Å²) in [5.74, 6) is 0.700. The summed E-state index contributed by atoms with van der Waals surface area (Å²) < 4.78 is 18.9. The maximum absolute atomic E-state index is 13.2. The number of ether oxygens (including phenoxy) is 1. The summed E-state index contributed by atoms with van der Waals surface area (Å²) in [5.41, 5.74) is 1.61. The number of amides is 1. The molecule has 0 saturated heterocycles. The average molecular weight is 528 g/mol. The smallest absolute Gasteiger partial charge is 0.251 e. The molecule has 0 heterocycles. The maximum atomic E-state index is 13.2. The lowest BCUT2D eigenvalue weighted by molar-refractivity contribution is 0.0953. The molecule has 1 unspecified atom stereocenters. The van der Waals surface area contributed by atoms with Crippen LogP contribution >= 0.6 is 24.0 Å². The van der Waals surface area contributed by atoms with Gasteiger partial charge in [-0.25, -0.2) is 4.39 Å². The monoisotopic (exact) mass is 528 g/mol. The van der Waals surface area contributed by atoms with Gasteiger partial charge in [0.15, 0.2) is 5.96 Å². The average Bonchev–Trinajstić information content (AvgIpc) is 2.72. The first-order valence-electron chi connectivity index (χ1n) is 9.75. The summed E-state index contributed by atoms with van der Waals surface area (Å²) in [7, 11) is 1.68. The molecule has 0 aliphatic carbocycles. The van der Waals surface area contributed by atoms with E-state index in [1.165, 1.54) is 12.1 Å². The Morgan fingerprint density at radius 1 is 1.13 bits per heavy atom. The second-order valence-corrected chi connectivity index (χ2v) is 6.65. The van der Waals surface area contributed by atoms with Crippen molar-refractivity contribution in [2.45, 2.75) is 32.9 Å². The SMILES string of the molecule is CCCNC(=O)c1cccc(CNC(=NC)NCC(C)Oc2cccc(F)c2)c1.I. The van der Waals surface area contributed by atoms with Gasteiger partial charge in [0.2, 0.25) is 0 Å². The van der Waals surface area contributed by atoms with Crippen LogP contribution in [-0.2, 0) is 6.54 Å². The molecule has 2 aromatic rings. The summed E-state index contributed by atoms with van der Waals surface area (Å²) in [4.78, 5) is 16.3. The minimum absolute atomic E-state index is 0. The predicted molar refractivity (Wildman–Crippen MR) is 129 cm³/mol. The molecule has 3 N–H and O–H groups in total. The van der Waals surface area contributed by atoms with E-state index in [-0.39, 0.29) is 41.8 Å². The zero-order chi connectivity index (χ0) is 21.1. The van der Waals surface area contributed by atoms with Crippen molar-refractivity contribution in [1.29, 1.82) is 0 Å². The Morgan fingerprint density at radius 2 is 1.90 bits per heavy atom. The number of halogens is 2. The zero-order valence-corrected chi connectivity index (χ0v) is 19.9. The van der Waals surface area contributed by atoms with Gasteiger partial charge < -0.3 is 20.7 Å².